The first-order chi connectivity index (χ1) is 12.8. The summed E-state index contributed by atoms with van der Waals surface area (Å²) >= 11 is 0. The fraction of sp³-hybridized carbons (Fsp3) is 0.524. The number of carbonyl (C=O) groups is 1. The van der Waals surface area contributed by atoms with Crippen molar-refractivity contribution < 1.29 is 4.79 Å². The first kappa shape index (κ1) is 17.3. The molecule has 138 valence electrons. The van der Waals surface area contributed by atoms with E-state index in [1.54, 1.807) is 10.9 Å². The van der Waals surface area contributed by atoms with Crippen LogP contribution < -0.4 is 5.32 Å². The Morgan fingerprint density at radius 1 is 1.08 bits per heavy atom. The molecule has 0 radical (unpaired) electrons. The van der Waals surface area contributed by atoms with E-state index in [1.807, 2.05) is 36.5 Å². The second-order valence-electron chi connectivity index (χ2n) is 7.60. The van der Waals surface area contributed by atoms with Gasteiger partial charge in [-0.25, -0.2) is 4.68 Å². The van der Waals surface area contributed by atoms with Crippen molar-refractivity contribution in [1.82, 2.24) is 20.0 Å². The fourth-order valence-corrected chi connectivity index (χ4v) is 4.38. The van der Waals surface area contributed by atoms with Crippen LogP contribution in [0.25, 0.3) is 5.69 Å². The molecule has 2 aromatic rings. The third kappa shape index (κ3) is 3.98. The third-order valence-corrected chi connectivity index (χ3v) is 5.76. The number of likely N-dealkylation sites (tertiary alicyclic amines) is 1. The predicted octanol–water partition coefficient (Wildman–Crippen LogP) is 3.40. The molecule has 1 atom stereocenters. The van der Waals surface area contributed by atoms with Gasteiger partial charge < -0.3 is 5.32 Å². The molecule has 0 bridgehead atoms. The van der Waals surface area contributed by atoms with E-state index in [-0.39, 0.29) is 11.9 Å². The van der Waals surface area contributed by atoms with Crippen LogP contribution in [0, 0.1) is 0 Å². The van der Waals surface area contributed by atoms with Crippen LogP contribution in [0.1, 0.15) is 55.3 Å². The van der Waals surface area contributed by atoms with Crippen LogP contribution >= 0.6 is 0 Å². The van der Waals surface area contributed by atoms with E-state index in [4.69, 9.17) is 0 Å². The summed E-state index contributed by atoms with van der Waals surface area (Å²) in [5.74, 6) is 0.0227. The number of aromatic nitrogens is 2. The number of hydrogen-bond acceptors (Lipinski definition) is 3. The summed E-state index contributed by atoms with van der Waals surface area (Å²) in [6.45, 7) is 2.18. The van der Waals surface area contributed by atoms with Gasteiger partial charge in [0.2, 0.25) is 0 Å². The number of piperidine rings is 1. The van der Waals surface area contributed by atoms with E-state index in [0.29, 0.717) is 5.56 Å². The molecule has 26 heavy (non-hydrogen) atoms. The normalized spacial score (nSPS) is 22.2. The molecule has 1 saturated heterocycles. The molecule has 1 aliphatic carbocycles. The lowest BCUT2D eigenvalue weighted by molar-refractivity contribution is 0.0835. The zero-order chi connectivity index (χ0) is 17.8. The van der Waals surface area contributed by atoms with Crippen molar-refractivity contribution in [2.24, 2.45) is 0 Å². The maximum Gasteiger partial charge on any atom is 0.251 e. The number of rotatable bonds is 4. The molecule has 5 heteroatoms. The minimum Gasteiger partial charge on any atom is -0.348 e. The van der Waals surface area contributed by atoms with Crippen molar-refractivity contribution in [2.75, 3.05) is 13.1 Å². The third-order valence-electron chi connectivity index (χ3n) is 5.76. The highest BCUT2D eigenvalue weighted by Crippen LogP contribution is 2.25. The van der Waals surface area contributed by atoms with E-state index in [2.05, 4.69) is 15.3 Å². The fourth-order valence-electron chi connectivity index (χ4n) is 4.38. The zero-order valence-electron chi connectivity index (χ0n) is 15.3. The second kappa shape index (κ2) is 8.04. The van der Waals surface area contributed by atoms with Gasteiger partial charge in [-0.2, -0.15) is 5.10 Å². The lowest BCUT2D eigenvalue weighted by Gasteiger charge is -2.40. The van der Waals surface area contributed by atoms with Gasteiger partial charge in [0.1, 0.15) is 0 Å². The molecule has 1 unspecified atom stereocenters. The van der Waals surface area contributed by atoms with Gasteiger partial charge in [0, 0.05) is 36.6 Å². The monoisotopic (exact) mass is 352 g/mol. The van der Waals surface area contributed by atoms with E-state index >= 15 is 0 Å². The van der Waals surface area contributed by atoms with Crippen molar-refractivity contribution in [1.29, 1.82) is 0 Å². The largest absolute Gasteiger partial charge is 0.348 e. The quantitative estimate of drug-likeness (QED) is 0.917. The second-order valence-corrected chi connectivity index (χ2v) is 7.60. The van der Waals surface area contributed by atoms with Crippen molar-refractivity contribution in [3.05, 3.63) is 48.3 Å². The Labute approximate surface area is 155 Å². The summed E-state index contributed by atoms with van der Waals surface area (Å²) in [6, 6.07) is 10.5. The number of nitrogens with zero attached hydrogens (tertiary/aromatic N) is 3. The Kier molecular flexibility index (Phi) is 5.34. The standard InChI is InChI=1S/C21H28N4O/c26-21(17-7-4-11-20(15-17)25-14-6-12-22-25)23-18-8-5-13-24(16-18)19-9-2-1-3-10-19/h4,6-7,11-12,14-15,18-19H,1-3,5,8-10,13,16H2,(H,23,26). The van der Waals surface area contributed by atoms with Crippen LogP contribution in [0.15, 0.2) is 42.7 Å². The Bertz CT molecular complexity index is 721. The molecule has 1 N–H and O–H groups in total. The maximum absolute atomic E-state index is 12.8. The van der Waals surface area contributed by atoms with Crippen LogP contribution in [-0.4, -0.2) is 45.8 Å². The molecule has 0 spiro atoms. The molecule has 2 aliphatic rings. The smallest absolute Gasteiger partial charge is 0.251 e. The van der Waals surface area contributed by atoms with Gasteiger partial charge in [-0.3, -0.25) is 9.69 Å². The van der Waals surface area contributed by atoms with Gasteiger partial charge in [0.05, 0.1) is 5.69 Å². The molecule has 2 fully saturated rings. The highest BCUT2D eigenvalue weighted by Gasteiger charge is 2.27. The lowest BCUT2D eigenvalue weighted by Crippen LogP contribution is -2.51. The summed E-state index contributed by atoms with van der Waals surface area (Å²) < 4.78 is 1.78. The number of nitrogens with one attached hydrogen (secondary N) is 1. The van der Waals surface area contributed by atoms with Gasteiger partial charge in [0.25, 0.3) is 5.91 Å². The average molecular weight is 352 g/mol. The summed E-state index contributed by atoms with van der Waals surface area (Å²) in [7, 11) is 0. The Morgan fingerprint density at radius 2 is 1.96 bits per heavy atom. The summed E-state index contributed by atoms with van der Waals surface area (Å²) in [6.07, 6.45) is 12.6. The maximum atomic E-state index is 12.8. The minimum absolute atomic E-state index is 0.0227. The molecule has 4 rings (SSSR count). The van der Waals surface area contributed by atoms with Crippen molar-refractivity contribution in [3.63, 3.8) is 0 Å². The summed E-state index contributed by atoms with van der Waals surface area (Å²) in [5, 5.41) is 7.51. The first-order valence-corrected chi connectivity index (χ1v) is 9.94. The highest BCUT2D eigenvalue weighted by atomic mass is 16.1. The Hall–Kier alpha value is -2.14. The van der Waals surface area contributed by atoms with Crippen LogP contribution in [0.5, 0.6) is 0 Å². The molecule has 1 amide bonds. The van der Waals surface area contributed by atoms with E-state index in [1.165, 1.54) is 45.1 Å². The van der Waals surface area contributed by atoms with Crippen LogP contribution in [0.3, 0.4) is 0 Å². The van der Waals surface area contributed by atoms with Crippen LogP contribution in [-0.2, 0) is 0 Å². The Morgan fingerprint density at radius 3 is 2.77 bits per heavy atom. The molecule has 1 aliphatic heterocycles. The van der Waals surface area contributed by atoms with Gasteiger partial charge in [-0.15, -0.1) is 0 Å². The number of hydrogen-bond donors (Lipinski definition) is 1. The van der Waals surface area contributed by atoms with Crippen molar-refractivity contribution in [3.8, 4) is 5.69 Å². The van der Waals surface area contributed by atoms with Crippen LogP contribution in [0.2, 0.25) is 0 Å². The lowest BCUT2D eigenvalue weighted by atomic mass is 9.92. The molecule has 1 saturated carbocycles. The molecule has 1 aromatic heterocycles. The van der Waals surface area contributed by atoms with E-state index in [0.717, 1.165) is 24.7 Å². The van der Waals surface area contributed by atoms with E-state index < -0.39 is 0 Å². The topological polar surface area (TPSA) is 50.2 Å². The average Bonchev–Trinajstić information content (AvgIpc) is 3.24. The molecular formula is C21H28N4O. The molecular weight excluding hydrogens is 324 g/mol. The number of amides is 1. The first-order valence-electron chi connectivity index (χ1n) is 9.94. The van der Waals surface area contributed by atoms with Crippen LogP contribution in [0.4, 0.5) is 0 Å². The van der Waals surface area contributed by atoms with Crippen molar-refractivity contribution >= 4 is 5.91 Å². The predicted molar refractivity (Wildman–Crippen MR) is 102 cm³/mol. The SMILES string of the molecule is O=C(NC1CCCN(C2CCCCC2)C1)c1cccc(-n2cccn2)c1. The van der Waals surface area contributed by atoms with Gasteiger partial charge in [-0.05, 0) is 56.5 Å². The number of carbonyl (C=O) groups excluding carboxylic acids is 1. The minimum atomic E-state index is 0.0227. The Balaban J connectivity index is 1.39. The summed E-state index contributed by atoms with van der Waals surface area (Å²) in [5.41, 5.74) is 1.61. The van der Waals surface area contributed by atoms with Gasteiger partial charge >= 0.3 is 0 Å². The zero-order valence-corrected chi connectivity index (χ0v) is 15.3. The number of benzene rings is 1. The van der Waals surface area contributed by atoms with E-state index in [9.17, 15) is 4.79 Å². The molecule has 1 aromatic carbocycles. The van der Waals surface area contributed by atoms with Gasteiger partial charge in [0.15, 0.2) is 0 Å². The van der Waals surface area contributed by atoms with Crippen molar-refractivity contribution in [2.45, 2.75) is 57.0 Å². The highest BCUT2D eigenvalue weighted by molar-refractivity contribution is 5.94. The molecule has 2 heterocycles. The van der Waals surface area contributed by atoms with Gasteiger partial charge in [-0.1, -0.05) is 25.3 Å². The summed E-state index contributed by atoms with van der Waals surface area (Å²) in [4.78, 5) is 15.4. The molecule has 5 nitrogen and oxygen atoms in total.